The number of nitrogens with zero attached hydrogens (tertiary/aromatic N) is 7. The highest BCUT2D eigenvalue weighted by Crippen LogP contribution is 2.43. The SMILES string of the molecule is CC[C@@H]1c2nncn2-c2cnc(-c3ccncc3CCS(=O)(=O)c3ccccc3)nc2N1C1CCCC1. The third-order valence-corrected chi connectivity index (χ3v) is 9.19. The lowest BCUT2D eigenvalue weighted by Crippen LogP contribution is -2.42. The quantitative estimate of drug-likeness (QED) is 0.358. The van der Waals surface area contributed by atoms with Gasteiger partial charge in [-0.1, -0.05) is 38.0 Å². The van der Waals surface area contributed by atoms with Gasteiger partial charge in [-0.2, -0.15) is 0 Å². The molecule has 10 heteroatoms. The standard InChI is InChI=1S/C27H29N7O2S/c1-2-23-27-32-30-18-33(27)24-17-29-25(31-26(24)34(23)20-8-6-7-9-20)22-12-14-28-16-19(22)13-15-37(35,36)21-10-4-3-5-11-21/h3-5,10-12,14,16-18,20,23H,2,6-9,13,15H2,1H3/t23-/m1/s1. The summed E-state index contributed by atoms with van der Waals surface area (Å²) in [5.74, 6) is 2.36. The normalized spacial score (nSPS) is 17.5. The highest BCUT2D eigenvalue weighted by Gasteiger charge is 2.38. The van der Waals surface area contributed by atoms with Gasteiger partial charge < -0.3 is 4.90 Å². The topological polar surface area (TPSA) is 107 Å². The van der Waals surface area contributed by atoms with Gasteiger partial charge in [0.2, 0.25) is 0 Å². The van der Waals surface area contributed by atoms with Crippen LogP contribution in [-0.4, -0.2) is 49.9 Å². The molecule has 0 radical (unpaired) electrons. The molecule has 0 unspecified atom stereocenters. The summed E-state index contributed by atoms with van der Waals surface area (Å²) >= 11 is 0. The second-order valence-electron chi connectivity index (χ2n) is 9.65. The van der Waals surface area contributed by atoms with Gasteiger partial charge in [0, 0.05) is 24.0 Å². The van der Waals surface area contributed by atoms with Gasteiger partial charge >= 0.3 is 0 Å². The number of hydrogen-bond acceptors (Lipinski definition) is 8. The Morgan fingerprint density at radius 1 is 1.05 bits per heavy atom. The Morgan fingerprint density at radius 3 is 2.65 bits per heavy atom. The number of benzene rings is 1. The zero-order chi connectivity index (χ0) is 25.4. The molecule has 1 fully saturated rings. The molecule has 0 spiro atoms. The maximum Gasteiger partial charge on any atom is 0.178 e. The lowest BCUT2D eigenvalue weighted by Gasteiger charge is -2.40. The van der Waals surface area contributed by atoms with E-state index >= 15 is 0 Å². The van der Waals surface area contributed by atoms with Crippen LogP contribution in [0.3, 0.4) is 0 Å². The fourth-order valence-corrected chi connectivity index (χ4v) is 6.90. The van der Waals surface area contributed by atoms with E-state index in [0.717, 1.165) is 47.7 Å². The van der Waals surface area contributed by atoms with Gasteiger partial charge in [0.05, 0.1) is 22.9 Å². The zero-order valence-corrected chi connectivity index (χ0v) is 21.5. The van der Waals surface area contributed by atoms with Gasteiger partial charge in [-0.25, -0.2) is 18.4 Å². The lowest BCUT2D eigenvalue weighted by atomic mass is 10.0. The molecule has 1 aromatic carbocycles. The molecule has 1 aliphatic heterocycles. The third-order valence-electron chi connectivity index (χ3n) is 7.45. The molecule has 6 rings (SSSR count). The number of anilines is 1. The van der Waals surface area contributed by atoms with E-state index in [-0.39, 0.29) is 11.8 Å². The molecule has 9 nitrogen and oxygen atoms in total. The Hall–Kier alpha value is -3.66. The van der Waals surface area contributed by atoms with E-state index in [1.807, 2.05) is 22.9 Å². The molecule has 37 heavy (non-hydrogen) atoms. The van der Waals surface area contributed by atoms with Gasteiger partial charge in [0.1, 0.15) is 12.0 Å². The first kappa shape index (κ1) is 23.7. The Labute approximate surface area is 216 Å². The van der Waals surface area contributed by atoms with Gasteiger partial charge in [-0.15, -0.1) is 10.2 Å². The minimum Gasteiger partial charge on any atom is -0.342 e. The van der Waals surface area contributed by atoms with Crippen LogP contribution in [0.1, 0.15) is 56.5 Å². The summed E-state index contributed by atoms with van der Waals surface area (Å²) in [6.07, 6.45) is 12.9. The van der Waals surface area contributed by atoms with E-state index in [0.29, 0.717) is 23.2 Å². The molecule has 1 aliphatic carbocycles. The average Bonchev–Trinajstić information content (AvgIpc) is 3.64. The van der Waals surface area contributed by atoms with Crippen molar-refractivity contribution in [2.75, 3.05) is 10.7 Å². The average molecular weight is 516 g/mol. The molecular formula is C27H29N7O2S. The van der Waals surface area contributed by atoms with E-state index < -0.39 is 9.84 Å². The van der Waals surface area contributed by atoms with Crippen LogP contribution in [0.5, 0.6) is 0 Å². The van der Waals surface area contributed by atoms with E-state index in [1.165, 1.54) is 12.8 Å². The fourth-order valence-electron chi connectivity index (χ4n) is 5.61. The van der Waals surface area contributed by atoms with Crippen LogP contribution in [-0.2, 0) is 16.3 Å². The first-order valence-electron chi connectivity index (χ1n) is 12.8. The van der Waals surface area contributed by atoms with Crippen molar-refractivity contribution in [1.29, 1.82) is 0 Å². The summed E-state index contributed by atoms with van der Waals surface area (Å²) < 4.78 is 27.8. The Balaban J connectivity index is 1.38. The molecule has 4 heterocycles. The summed E-state index contributed by atoms with van der Waals surface area (Å²) in [5.41, 5.74) is 2.49. The minimum absolute atomic E-state index is 0.0170. The Kier molecular flexibility index (Phi) is 6.19. The molecule has 0 bridgehead atoms. The number of rotatable bonds is 7. The fraction of sp³-hybridized carbons (Fsp3) is 0.370. The monoisotopic (exact) mass is 515 g/mol. The highest BCUT2D eigenvalue weighted by atomic mass is 32.2. The molecule has 0 saturated heterocycles. The lowest BCUT2D eigenvalue weighted by molar-refractivity contribution is 0.469. The number of aromatic nitrogens is 6. The van der Waals surface area contributed by atoms with Crippen molar-refractivity contribution in [1.82, 2.24) is 29.7 Å². The van der Waals surface area contributed by atoms with Crippen LogP contribution in [0.4, 0.5) is 5.82 Å². The molecule has 190 valence electrons. The summed E-state index contributed by atoms with van der Waals surface area (Å²) in [7, 11) is -3.42. The summed E-state index contributed by atoms with van der Waals surface area (Å²) in [5, 5.41) is 8.64. The molecule has 2 aliphatic rings. The predicted molar refractivity (Wildman–Crippen MR) is 140 cm³/mol. The number of pyridine rings is 1. The highest BCUT2D eigenvalue weighted by molar-refractivity contribution is 7.91. The molecule has 1 saturated carbocycles. The van der Waals surface area contributed by atoms with E-state index in [1.54, 1.807) is 43.0 Å². The predicted octanol–water partition coefficient (Wildman–Crippen LogP) is 4.35. The van der Waals surface area contributed by atoms with Gasteiger partial charge in [-0.3, -0.25) is 9.55 Å². The number of hydrogen-bond donors (Lipinski definition) is 0. The smallest absolute Gasteiger partial charge is 0.178 e. The number of sulfone groups is 1. The first-order valence-corrected chi connectivity index (χ1v) is 14.5. The van der Waals surface area contributed by atoms with Crippen molar-refractivity contribution in [2.45, 2.75) is 62.4 Å². The second kappa shape index (κ2) is 9.66. The number of aryl methyl sites for hydroxylation is 1. The van der Waals surface area contributed by atoms with Gasteiger partial charge in [-0.05, 0) is 49.4 Å². The Morgan fingerprint density at radius 2 is 1.86 bits per heavy atom. The van der Waals surface area contributed by atoms with E-state index in [4.69, 9.17) is 9.97 Å². The summed E-state index contributed by atoms with van der Waals surface area (Å²) in [4.78, 5) is 16.9. The number of fused-ring (bicyclic) bond motifs is 3. The van der Waals surface area contributed by atoms with Gasteiger partial charge in [0.25, 0.3) is 0 Å². The van der Waals surface area contributed by atoms with Crippen LogP contribution >= 0.6 is 0 Å². The zero-order valence-electron chi connectivity index (χ0n) is 20.7. The second-order valence-corrected chi connectivity index (χ2v) is 11.8. The maximum absolute atomic E-state index is 12.9. The molecule has 0 N–H and O–H groups in total. The molecule has 1 atom stereocenters. The van der Waals surface area contributed by atoms with Crippen molar-refractivity contribution in [2.24, 2.45) is 0 Å². The van der Waals surface area contributed by atoms with Crippen molar-refractivity contribution in [3.05, 3.63) is 72.7 Å². The van der Waals surface area contributed by atoms with Crippen LogP contribution in [0.15, 0.2) is 66.2 Å². The minimum atomic E-state index is -3.42. The Bertz CT molecular complexity index is 1510. The summed E-state index contributed by atoms with van der Waals surface area (Å²) in [6.45, 7) is 2.17. The maximum atomic E-state index is 12.9. The first-order chi connectivity index (χ1) is 18.1. The molecule has 0 amide bonds. The largest absolute Gasteiger partial charge is 0.342 e. The van der Waals surface area contributed by atoms with E-state index in [2.05, 4.69) is 27.0 Å². The van der Waals surface area contributed by atoms with Crippen LogP contribution in [0.25, 0.3) is 17.1 Å². The van der Waals surface area contributed by atoms with Crippen molar-refractivity contribution in [3.63, 3.8) is 0 Å². The van der Waals surface area contributed by atoms with E-state index in [9.17, 15) is 8.42 Å². The van der Waals surface area contributed by atoms with Crippen LogP contribution in [0.2, 0.25) is 0 Å². The van der Waals surface area contributed by atoms with Crippen molar-refractivity contribution >= 4 is 15.7 Å². The van der Waals surface area contributed by atoms with Crippen LogP contribution < -0.4 is 4.90 Å². The summed E-state index contributed by atoms with van der Waals surface area (Å²) in [6, 6.07) is 10.9. The van der Waals surface area contributed by atoms with Crippen molar-refractivity contribution < 1.29 is 8.42 Å². The van der Waals surface area contributed by atoms with Gasteiger partial charge in [0.15, 0.2) is 27.3 Å². The van der Waals surface area contributed by atoms with Crippen LogP contribution in [0, 0.1) is 0 Å². The molecule has 3 aromatic heterocycles. The molecular weight excluding hydrogens is 486 g/mol. The third kappa shape index (κ3) is 4.29. The van der Waals surface area contributed by atoms with Crippen molar-refractivity contribution in [3.8, 4) is 17.1 Å². The molecule has 4 aromatic rings.